The predicted molar refractivity (Wildman–Crippen MR) is 83.9 cm³/mol. The first-order chi connectivity index (χ1) is 9.81. The second-order valence-electron chi connectivity index (χ2n) is 4.44. The van der Waals surface area contributed by atoms with Gasteiger partial charge in [-0.3, -0.25) is 0 Å². The van der Waals surface area contributed by atoms with Crippen LogP contribution in [-0.2, 0) is 0 Å². The molecule has 0 unspecified atom stereocenters. The van der Waals surface area contributed by atoms with Gasteiger partial charge in [-0.1, -0.05) is 6.92 Å². The summed E-state index contributed by atoms with van der Waals surface area (Å²) < 4.78 is 5.43. The Balaban J connectivity index is 2.01. The maximum Gasteiger partial charge on any atom is 0.127 e. The predicted octanol–water partition coefficient (Wildman–Crippen LogP) is 4.05. The quantitative estimate of drug-likeness (QED) is 0.797. The summed E-state index contributed by atoms with van der Waals surface area (Å²) in [5.74, 6) is 1.78. The van der Waals surface area contributed by atoms with Gasteiger partial charge in [-0.05, 0) is 43.7 Å². The highest BCUT2D eigenvalue weighted by Gasteiger charge is 1.98. The molecule has 1 heterocycles. The van der Waals surface area contributed by atoms with Crippen LogP contribution in [0.4, 0.5) is 17.2 Å². The minimum absolute atomic E-state index is 0.684. The number of rotatable bonds is 7. The molecule has 0 radical (unpaired) electrons. The monoisotopic (exact) mass is 271 g/mol. The van der Waals surface area contributed by atoms with E-state index in [1.807, 2.05) is 43.3 Å². The van der Waals surface area contributed by atoms with Crippen molar-refractivity contribution in [3.8, 4) is 5.75 Å². The van der Waals surface area contributed by atoms with E-state index in [2.05, 4.69) is 22.5 Å². The summed E-state index contributed by atoms with van der Waals surface area (Å²) in [4.78, 5) is 4.29. The smallest absolute Gasteiger partial charge is 0.127 e. The average Bonchev–Trinajstić information content (AvgIpc) is 2.48. The molecule has 0 spiro atoms. The van der Waals surface area contributed by atoms with Crippen molar-refractivity contribution >= 4 is 17.2 Å². The van der Waals surface area contributed by atoms with E-state index in [-0.39, 0.29) is 0 Å². The van der Waals surface area contributed by atoms with Gasteiger partial charge in [-0.15, -0.1) is 0 Å². The van der Waals surface area contributed by atoms with Crippen molar-refractivity contribution in [1.82, 2.24) is 4.98 Å². The maximum atomic E-state index is 5.43. The Kier molecular flexibility index (Phi) is 5.24. The van der Waals surface area contributed by atoms with Gasteiger partial charge in [-0.25, -0.2) is 4.98 Å². The largest absolute Gasteiger partial charge is 0.494 e. The lowest BCUT2D eigenvalue weighted by molar-refractivity contribution is 0.340. The molecule has 0 saturated heterocycles. The third kappa shape index (κ3) is 4.16. The first kappa shape index (κ1) is 14.2. The second kappa shape index (κ2) is 7.38. The molecule has 2 aromatic rings. The molecule has 0 fully saturated rings. The van der Waals surface area contributed by atoms with Crippen LogP contribution in [0.1, 0.15) is 20.3 Å². The second-order valence-corrected chi connectivity index (χ2v) is 4.44. The van der Waals surface area contributed by atoms with Crippen LogP contribution in [0, 0.1) is 0 Å². The van der Waals surface area contributed by atoms with Crippen LogP contribution in [0.15, 0.2) is 42.6 Å². The number of nitrogens with zero attached hydrogens (tertiary/aromatic N) is 1. The minimum atomic E-state index is 0.684. The average molecular weight is 271 g/mol. The molecule has 2 rings (SSSR count). The number of hydrogen-bond acceptors (Lipinski definition) is 4. The molecule has 4 heteroatoms. The fourth-order valence-electron chi connectivity index (χ4n) is 1.83. The van der Waals surface area contributed by atoms with Crippen molar-refractivity contribution in [3.63, 3.8) is 0 Å². The highest BCUT2D eigenvalue weighted by atomic mass is 16.5. The number of ether oxygens (including phenoxy) is 1. The number of benzene rings is 1. The maximum absolute atomic E-state index is 5.43. The Morgan fingerprint density at radius 1 is 1.05 bits per heavy atom. The zero-order valence-corrected chi connectivity index (χ0v) is 12.0. The third-order valence-electron chi connectivity index (χ3n) is 2.77. The fourth-order valence-corrected chi connectivity index (χ4v) is 1.83. The van der Waals surface area contributed by atoms with Crippen molar-refractivity contribution in [2.24, 2.45) is 0 Å². The SMILES string of the molecule is CCCNc1cc(Nc2ccc(OCC)cc2)ccn1. The van der Waals surface area contributed by atoms with E-state index < -0.39 is 0 Å². The van der Waals surface area contributed by atoms with E-state index in [1.54, 1.807) is 6.20 Å². The van der Waals surface area contributed by atoms with Gasteiger partial charge in [0, 0.05) is 30.2 Å². The highest BCUT2D eigenvalue weighted by Crippen LogP contribution is 2.21. The molecular weight excluding hydrogens is 250 g/mol. The molecule has 106 valence electrons. The molecule has 0 atom stereocenters. The van der Waals surface area contributed by atoms with E-state index >= 15 is 0 Å². The van der Waals surface area contributed by atoms with Crippen molar-refractivity contribution in [2.75, 3.05) is 23.8 Å². The van der Waals surface area contributed by atoms with Gasteiger partial charge in [-0.2, -0.15) is 0 Å². The van der Waals surface area contributed by atoms with E-state index in [0.717, 1.165) is 35.9 Å². The first-order valence-electron chi connectivity index (χ1n) is 7.01. The van der Waals surface area contributed by atoms with Gasteiger partial charge in [0.05, 0.1) is 6.61 Å². The lowest BCUT2D eigenvalue weighted by Crippen LogP contribution is -2.02. The van der Waals surface area contributed by atoms with Gasteiger partial charge in [0.25, 0.3) is 0 Å². The van der Waals surface area contributed by atoms with E-state index in [0.29, 0.717) is 6.61 Å². The van der Waals surface area contributed by atoms with Crippen molar-refractivity contribution in [2.45, 2.75) is 20.3 Å². The molecular formula is C16H21N3O. The summed E-state index contributed by atoms with van der Waals surface area (Å²) in [7, 11) is 0. The molecule has 0 aliphatic carbocycles. The van der Waals surface area contributed by atoms with Gasteiger partial charge in [0.2, 0.25) is 0 Å². The Labute approximate surface area is 120 Å². The Morgan fingerprint density at radius 3 is 2.55 bits per heavy atom. The van der Waals surface area contributed by atoms with Gasteiger partial charge in [0.1, 0.15) is 11.6 Å². The standard InChI is InChI=1S/C16H21N3O/c1-3-10-17-16-12-14(9-11-18-16)19-13-5-7-15(8-6-13)20-4-2/h5-9,11-12H,3-4,10H2,1-2H3,(H2,17,18,19). The van der Waals surface area contributed by atoms with Crippen LogP contribution in [0.3, 0.4) is 0 Å². The van der Waals surface area contributed by atoms with Crippen molar-refractivity contribution in [3.05, 3.63) is 42.6 Å². The molecule has 1 aromatic heterocycles. The zero-order valence-electron chi connectivity index (χ0n) is 12.0. The Hall–Kier alpha value is -2.23. The number of pyridine rings is 1. The molecule has 0 saturated carbocycles. The Bertz CT molecular complexity index is 526. The first-order valence-corrected chi connectivity index (χ1v) is 7.01. The van der Waals surface area contributed by atoms with Crippen LogP contribution >= 0.6 is 0 Å². The molecule has 20 heavy (non-hydrogen) atoms. The third-order valence-corrected chi connectivity index (χ3v) is 2.77. The molecule has 0 aliphatic heterocycles. The molecule has 2 N–H and O–H groups in total. The van der Waals surface area contributed by atoms with E-state index in [1.165, 1.54) is 0 Å². The van der Waals surface area contributed by atoms with Gasteiger partial charge in [0.15, 0.2) is 0 Å². The van der Waals surface area contributed by atoms with E-state index in [4.69, 9.17) is 4.74 Å². The topological polar surface area (TPSA) is 46.2 Å². The van der Waals surface area contributed by atoms with E-state index in [9.17, 15) is 0 Å². The van der Waals surface area contributed by atoms with Crippen LogP contribution in [0.2, 0.25) is 0 Å². The summed E-state index contributed by atoms with van der Waals surface area (Å²) in [6.45, 7) is 5.73. The zero-order chi connectivity index (χ0) is 14.2. The summed E-state index contributed by atoms with van der Waals surface area (Å²) >= 11 is 0. The molecule has 0 amide bonds. The molecule has 4 nitrogen and oxygen atoms in total. The number of hydrogen-bond donors (Lipinski definition) is 2. The highest BCUT2D eigenvalue weighted by molar-refractivity contribution is 5.62. The van der Waals surface area contributed by atoms with Crippen LogP contribution in [0.5, 0.6) is 5.75 Å². The molecule has 0 bridgehead atoms. The summed E-state index contributed by atoms with van der Waals surface area (Å²) in [5, 5.41) is 6.63. The van der Waals surface area contributed by atoms with Crippen molar-refractivity contribution < 1.29 is 4.74 Å². The van der Waals surface area contributed by atoms with Crippen molar-refractivity contribution in [1.29, 1.82) is 0 Å². The van der Waals surface area contributed by atoms with Gasteiger partial charge < -0.3 is 15.4 Å². The lowest BCUT2D eigenvalue weighted by Gasteiger charge is -2.10. The Morgan fingerprint density at radius 2 is 1.85 bits per heavy atom. The summed E-state index contributed by atoms with van der Waals surface area (Å²) in [6, 6.07) is 11.9. The van der Waals surface area contributed by atoms with Crippen LogP contribution in [-0.4, -0.2) is 18.1 Å². The summed E-state index contributed by atoms with van der Waals surface area (Å²) in [6.07, 6.45) is 2.88. The molecule has 0 aliphatic rings. The van der Waals surface area contributed by atoms with Crippen LogP contribution in [0.25, 0.3) is 0 Å². The lowest BCUT2D eigenvalue weighted by atomic mass is 10.3. The summed E-state index contributed by atoms with van der Waals surface area (Å²) in [5.41, 5.74) is 2.05. The number of anilines is 3. The van der Waals surface area contributed by atoms with Gasteiger partial charge >= 0.3 is 0 Å². The fraction of sp³-hybridized carbons (Fsp3) is 0.312. The minimum Gasteiger partial charge on any atom is -0.494 e. The van der Waals surface area contributed by atoms with Crippen LogP contribution < -0.4 is 15.4 Å². The number of aromatic nitrogens is 1. The molecule has 1 aromatic carbocycles. The number of nitrogens with one attached hydrogen (secondary N) is 2. The normalized spacial score (nSPS) is 10.1.